The third kappa shape index (κ3) is 2.62. The summed E-state index contributed by atoms with van der Waals surface area (Å²) in [5.74, 6) is 1.14. The zero-order valence-corrected chi connectivity index (χ0v) is 14.3. The molecule has 1 aromatic heterocycles. The Balaban J connectivity index is 2.05. The molecular formula is C15H21BN4O3. The summed E-state index contributed by atoms with van der Waals surface area (Å²) in [6, 6.07) is 5.74. The Hall–Kier alpha value is -1.93. The molecule has 1 saturated heterocycles. The second kappa shape index (κ2) is 5.31. The maximum absolute atomic E-state index is 6.12. The molecule has 0 saturated carbocycles. The molecule has 8 heteroatoms. The van der Waals surface area contributed by atoms with E-state index in [1.807, 2.05) is 45.9 Å². The van der Waals surface area contributed by atoms with Gasteiger partial charge in [-0.2, -0.15) is 4.80 Å². The molecule has 0 N–H and O–H groups in total. The van der Waals surface area contributed by atoms with Crippen LogP contribution in [0.2, 0.25) is 0 Å². The maximum Gasteiger partial charge on any atom is 0.498 e. The Labute approximate surface area is 136 Å². The molecule has 1 aliphatic rings. The average molecular weight is 316 g/mol. The van der Waals surface area contributed by atoms with E-state index < -0.39 is 18.3 Å². The van der Waals surface area contributed by atoms with Crippen LogP contribution in [0, 0.1) is 0 Å². The molecule has 7 nitrogen and oxygen atoms in total. The number of nitrogens with zero attached hydrogens (tertiary/aromatic N) is 4. The zero-order valence-electron chi connectivity index (χ0n) is 14.3. The van der Waals surface area contributed by atoms with Gasteiger partial charge in [-0.25, -0.2) is 0 Å². The zero-order chi connectivity index (χ0) is 16.8. The lowest BCUT2D eigenvalue weighted by atomic mass is 9.77. The van der Waals surface area contributed by atoms with Gasteiger partial charge < -0.3 is 14.0 Å². The van der Waals surface area contributed by atoms with Crippen LogP contribution in [-0.4, -0.2) is 45.6 Å². The van der Waals surface area contributed by atoms with Crippen LogP contribution in [0.3, 0.4) is 0 Å². The Morgan fingerprint density at radius 3 is 2.30 bits per heavy atom. The smallest absolute Gasteiger partial charge is 0.496 e. The van der Waals surface area contributed by atoms with Crippen molar-refractivity contribution in [3.63, 3.8) is 0 Å². The van der Waals surface area contributed by atoms with Crippen LogP contribution < -0.4 is 10.2 Å². The van der Waals surface area contributed by atoms with Gasteiger partial charge in [0.1, 0.15) is 5.75 Å². The molecule has 2 heterocycles. The number of rotatable bonds is 3. The second-order valence-corrected chi connectivity index (χ2v) is 6.62. The predicted molar refractivity (Wildman–Crippen MR) is 86.5 cm³/mol. The van der Waals surface area contributed by atoms with Crippen LogP contribution in [0.15, 0.2) is 18.2 Å². The molecule has 0 amide bonds. The fraction of sp³-hybridized carbons (Fsp3) is 0.533. The van der Waals surface area contributed by atoms with Crippen LogP contribution in [0.25, 0.3) is 11.4 Å². The number of hydrogen-bond acceptors (Lipinski definition) is 6. The summed E-state index contributed by atoms with van der Waals surface area (Å²) in [5.41, 5.74) is 0.747. The van der Waals surface area contributed by atoms with Crippen molar-refractivity contribution in [2.75, 3.05) is 7.11 Å². The molecular weight excluding hydrogens is 295 g/mol. The first-order valence-corrected chi connectivity index (χ1v) is 7.52. The summed E-state index contributed by atoms with van der Waals surface area (Å²) in [5, 5.41) is 12.2. The van der Waals surface area contributed by atoms with E-state index in [-0.39, 0.29) is 0 Å². The number of ether oxygens (including phenoxy) is 1. The molecule has 122 valence electrons. The minimum Gasteiger partial charge on any atom is -0.496 e. The highest BCUT2D eigenvalue weighted by Gasteiger charge is 2.52. The summed E-state index contributed by atoms with van der Waals surface area (Å²) in [6.45, 7) is 8.09. The second-order valence-electron chi connectivity index (χ2n) is 6.62. The molecule has 3 rings (SSSR count). The number of hydrogen-bond donors (Lipinski definition) is 0. The minimum absolute atomic E-state index is 0.413. The van der Waals surface area contributed by atoms with E-state index >= 15 is 0 Å². The van der Waals surface area contributed by atoms with Crippen molar-refractivity contribution in [1.29, 1.82) is 0 Å². The molecule has 0 spiro atoms. The van der Waals surface area contributed by atoms with Gasteiger partial charge in [-0.15, -0.1) is 10.2 Å². The molecule has 1 fully saturated rings. The van der Waals surface area contributed by atoms with Gasteiger partial charge in [-0.05, 0) is 39.0 Å². The molecule has 0 bridgehead atoms. The molecule has 1 aliphatic heterocycles. The molecule has 1 aromatic carbocycles. The van der Waals surface area contributed by atoms with E-state index in [0.717, 1.165) is 11.0 Å². The Bertz CT molecular complexity index is 713. The first kappa shape index (κ1) is 16.0. The van der Waals surface area contributed by atoms with Crippen LogP contribution in [0.4, 0.5) is 0 Å². The van der Waals surface area contributed by atoms with E-state index in [4.69, 9.17) is 14.0 Å². The van der Waals surface area contributed by atoms with Gasteiger partial charge in [0, 0.05) is 5.46 Å². The largest absolute Gasteiger partial charge is 0.498 e. The molecule has 2 aromatic rings. The van der Waals surface area contributed by atoms with Crippen molar-refractivity contribution < 1.29 is 14.0 Å². The number of aryl methyl sites for hydroxylation is 1. The Morgan fingerprint density at radius 1 is 1.13 bits per heavy atom. The third-order valence-corrected chi connectivity index (χ3v) is 4.51. The molecule has 0 atom stereocenters. The van der Waals surface area contributed by atoms with Crippen LogP contribution in [0.5, 0.6) is 5.75 Å². The van der Waals surface area contributed by atoms with Crippen LogP contribution in [0.1, 0.15) is 27.7 Å². The van der Waals surface area contributed by atoms with E-state index in [1.54, 1.807) is 14.2 Å². The highest BCUT2D eigenvalue weighted by atomic mass is 16.7. The van der Waals surface area contributed by atoms with Gasteiger partial charge in [0.05, 0.1) is 30.9 Å². The van der Waals surface area contributed by atoms with E-state index in [0.29, 0.717) is 11.6 Å². The Morgan fingerprint density at radius 2 is 1.78 bits per heavy atom. The number of tetrazole rings is 1. The number of methoxy groups -OCH3 is 1. The topological polar surface area (TPSA) is 71.3 Å². The minimum atomic E-state index is -0.508. The van der Waals surface area contributed by atoms with Crippen molar-refractivity contribution in [2.24, 2.45) is 7.05 Å². The van der Waals surface area contributed by atoms with Crippen molar-refractivity contribution >= 4 is 12.6 Å². The number of aromatic nitrogens is 4. The number of benzene rings is 1. The van der Waals surface area contributed by atoms with Gasteiger partial charge in [-0.1, -0.05) is 12.1 Å². The quantitative estimate of drug-likeness (QED) is 0.792. The van der Waals surface area contributed by atoms with Gasteiger partial charge in [0.15, 0.2) is 0 Å². The third-order valence-electron chi connectivity index (χ3n) is 4.51. The average Bonchev–Trinajstić information content (AvgIpc) is 2.99. The molecule has 0 unspecified atom stereocenters. The summed E-state index contributed by atoms with van der Waals surface area (Å²) in [7, 11) is 2.83. The van der Waals surface area contributed by atoms with Gasteiger partial charge in [-0.3, -0.25) is 0 Å². The monoisotopic (exact) mass is 316 g/mol. The first-order chi connectivity index (χ1) is 10.7. The lowest BCUT2D eigenvalue weighted by molar-refractivity contribution is 0.00578. The van der Waals surface area contributed by atoms with Crippen LogP contribution in [-0.2, 0) is 16.4 Å². The standard InChI is InChI=1S/C15H21BN4O3/c1-14(2)15(3,4)23-16(22-14)11-9-7-8-10(12(11)21-6)13-17-19-20(5)18-13/h7-9H,1-6H3. The highest BCUT2D eigenvalue weighted by Crippen LogP contribution is 2.38. The fourth-order valence-electron chi connectivity index (χ4n) is 2.51. The van der Waals surface area contributed by atoms with Gasteiger partial charge >= 0.3 is 7.12 Å². The summed E-state index contributed by atoms with van der Waals surface area (Å²) in [6.07, 6.45) is 0. The van der Waals surface area contributed by atoms with E-state index in [2.05, 4.69) is 15.4 Å². The van der Waals surface area contributed by atoms with Crippen molar-refractivity contribution in [3.05, 3.63) is 18.2 Å². The van der Waals surface area contributed by atoms with Crippen molar-refractivity contribution in [1.82, 2.24) is 20.2 Å². The molecule has 0 radical (unpaired) electrons. The molecule has 0 aliphatic carbocycles. The van der Waals surface area contributed by atoms with Crippen molar-refractivity contribution in [2.45, 2.75) is 38.9 Å². The van der Waals surface area contributed by atoms with Gasteiger partial charge in [0.2, 0.25) is 5.82 Å². The number of para-hydroxylation sites is 1. The Kier molecular flexibility index (Phi) is 3.69. The lowest BCUT2D eigenvalue weighted by Gasteiger charge is -2.32. The summed E-state index contributed by atoms with van der Waals surface area (Å²) in [4.78, 5) is 1.41. The SMILES string of the molecule is COc1c(B2OC(C)(C)C(C)(C)O2)cccc1-c1nnn(C)n1. The van der Waals surface area contributed by atoms with Crippen LogP contribution >= 0.6 is 0 Å². The van der Waals surface area contributed by atoms with E-state index in [9.17, 15) is 0 Å². The van der Waals surface area contributed by atoms with E-state index in [1.165, 1.54) is 4.80 Å². The molecule has 23 heavy (non-hydrogen) atoms. The maximum atomic E-state index is 6.12. The predicted octanol–water partition coefficient (Wildman–Crippen LogP) is 1.18. The normalized spacial score (nSPS) is 19.1. The van der Waals surface area contributed by atoms with Gasteiger partial charge in [0.25, 0.3) is 0 Å². The lowest BCUT2D eigenvalue weighted by Crippen LogP contribution is -2.41. The highest BCUT2D eigenvalue weighted by molar-refractivity contribution is 6.63. The summed E-state index contributed by atoms with van der Waals surface area (Å²) >= 11 is 0. The first-order valence-electron chi connectivity index (χ1n) is 7.52. The summed E-state index contributed by atoms with van der Waals surface area (Å²) < 4.78 is 17.9. The fourth-order valence-corrected chi connectivity index (χ4v) is 2.51. The van der Waals surface area contributed by atoms with Crippen molar-refractivity contribution in [3.8, 4) is 17.1 Å².